The maximum atomic E-state index is 12.3. The van der Waals surface area contributed by atoms with Crippen molar-refractivity contribution in [2.75, 3.05) is 47.8 Å². The van der Waals surface area contributed by atoms with Crippen molar-refractivity contribution >= 4 is 96.8 Å². The molecule has 0 amide bonds. The van der Waals surface area contributed by atoms with Crippen LogP contribution in [-0.2, 0) is 98.5 Å². The molecule has 11 aromatic rings. The van der Waals surface area contributed by atoms with E-state index < -0.39 is 11.2 Å². The number of terminal acetylenes is 1. The van der Waals surface area contributed by atoms with Crippen molar-refractivity contribution in [2.24, 2.45) is 7.05 Å². The van der Waals surface area contributed by atoms with Crippen molar-refractivity contribution in [1.29, 1.82) is 0 Å². The number of hydrogen-bond acceptors (Lipinski definition) is 16. The fourth-order valence-corrected chi connectivity index (χ4v) is 13.6. The first-order valence-corrected chi connectivity index (χ1v) is 31.3. The van der Waals surface area contributed by atoms with Crippen molar-refractivity contribution in [3.8, 4) is 12.8 Å². The summed E-state index contributed by atoms with van der Waals surface area (Å²) in [7, 11) is 10.00. The summed E-state index contributed by atoms with van der Waals surface area (Å²) in [5.74, 6) is -0.485. The van der Waals surface area contributed by atoms with Gasteiger partial charge in [0.25, 0.3) is 5.60 Å². The van der Waals surface area contributed by atoms with E-state index in [4.69, 9.17) is 23.2 Å². The molecule has 0 saturated carbocycles. The van der Waals surface area contributed by atoms with Gasteiger partial charge in [0.15, 0.2) is 11.2 Å². The van der Waals surface area contributed by atoms with E-state index in [-0.39, 0.29) is 91.6 Å². The van der Waals surface area contributed by atoms with Gasteiger partial charge in [-0.2, -0.15) is 14.5 Å². The SMILES string of the molecule is C.C#C.CC(=O)C1(OO)c2ccccc2N(C)c2ccccc21.CC(=O)C1c2ccccc2N(C)c2ccccc21.CC(=O)C1c2ccccc2N(C)c2ccccc21.CN1c2ccccc2C2(OOC2=O)c2ccccc21.Cn1c2ccccc2c(=O)c2ccccc21.O.O=C=O.[CH3-].[CH3-].[Fe].[O]=[Fe+]. The van der Waals surface area contributed by atoms with Crippen LogP contribution in [0.2, 0.25) is 0 Å². The molecule has 0 aliphatic carbocycles. The van der Waals surface area contributed by atoms with Crippen molar-refractivity contribution in [3.63, 3.8) is 0 Å². The Morgan fingerprint density at radius 1 is 0.447 bits per heavy atom. The number of Topliss-reactive ketones (excluding diaryl/α,β-unsaturated/α-hetero) is 3. The second-order valence-electron chi connectivity index (χ2n) is 23.1. The minimum atomic E-state index is -1.46. The van der Waals surface area contributed by atoms with E-state index in [1.807, 2.05) is 262 Å². The van der Waals surface area contributed by atoms with Crippen LogP contribution in [0.3, 0.4) is 0 Å². The average molecular weight is 1470 g/mol. The summed E-state index contributed by atoms with van der Waals surface area (Å²) in [5, 5.41) is 11.1. The van der Waals surface area contributed by atoms with E-state index >= 15 is 0 Å². The molecular formula is C83H81Fe2N5O13-. The molecule has 1 spiro atoms. The molecule has 18 nitrogen and oxygen atoms in total. The quantitative estimate of drug-likeness (QED) is 0.0431. The van der Waals surface area contributed by atoms with Crippen LogP contribution in [0.25, 0.3) is 21.8 Å². The number of pyridine rings is 1. The molecule has 1 aromatic heterocycles. The number of carbonyl (C=O) groups excluding carboxylic acids is 6. The number of rotatable bonds is 4. The maximum absolute atomic E-state index is 12.3. The van der Waals surface area contributed by atoms with Gasteiger partial charge in [0, 0.05) is 131 Å². The van der Waals surface area contributed by atoms with Crippen LogP contribution in [0.4, 0.5) is 45.5 Å². The molecule has 1 saturated heterocycles. The molecule has 3 N–H and O–H groups in total. The van der Waals surface area contributed by atoms with Crippen LogP contribution in [0.1, 0.15) is 84.5 Å². The second-order valence-corrected chi connectivity index (χ2v) is 23.1. The zero-order valence-corrected chi connectivity index (χ0v) is 60.0. The summed E-state index contributed by atoms with van der Waals surface area (Å²) in [5.41, 5.74) is 15.0. The number of benzene rings is 10. The van der Waals surface area contributed by atoms with Gasteiger partial charge in [-0.3, -0.25) is 29.3 Å². The predicted molar refractivity (Wildman–Crippen MR) is 397 cm³/mol. The predicted octanol–water partition coefficient (Wildman–Crippen LogP) is 15.5. The van der Waals surface area contributed by atoms with Gasteiger partial charge >= 0.3 is 31.9 Å². The van der Waals surface area contributed by atoms with Crippen LogP contribution in [0.15, 0.2) is 247 Å². The number of nitrogens with zero attached hydrogens (tertiary/aromatic N) is 5. The number of anilines is 8. The number of carbonyl (C=O) groups is 4. The summed E-state index contributed by atoms with van der Waals surface area (Å²) in [6, 6.07) is 78.3. The van der Waals surface area contributed by atoms with Crippen molar-refractivity contribution in [3.05, 3.63) is 312 Å². The van der Waals surface area contributed by atoms with Gasteiger partial charge in [-0.25, -0.2) is 9.68 Å². The van der Waals surface area contributed by atoms with Crippen LogP contribution >= 0.6 is 0 Å². The van der Waals surface area contributed by atoms with Gasteiger partial charge < -0.3 is 44.5 Å². The number of hydrogen-bond donors (Lipinski definition) is 1. The van der Waals surface area contributed by atoms with Crippen LogP contribution in [0.5, 0.6) is 0 Å². The summed E-state index contributed by atoms with van der Waals surface area (Å²) in [6.45, 7) is 4.77. The van der Waals surface area contributed by atoms with Crippen molar-refractivity contribution < 1.29 is 91.0 Å². The summed E-state index contributed by atoms with van der Waals surface area (Å²) in [4.78, 5) is 99.9. The molecule has 6 heterocycles. The van der Waals surface area contributed by atoms with E-state index in [1.165, 1.54) is 6.92 Å². The Morgan fingerprint density at radius 3 is 0.951 bits per heavy atom. The number of ketones is 3. The molecule has 0 radical (unpaired) electrons. The number of fused-ring (bicyclic) bond motifs is 12. The van der Waals surface area contributed by atoms with Crippen LogP contribution in [-0.4, -0.2) is 73.0 Å². The molecule has 16 rings (SSSR count). The molecule has 5 aliphatic heterocycles. The van der Waals surface area contributed by atoms with Gasteiger partial charge in [-0.15, -0.1) is 12.8 Å². The standard InChI is InChI=1S/C16H15NO3.2C16H15NO.C15H11NO3.C14H11NO.C2H2.CO2.CH4.2CH3.2Fe.H2O.O/c1-11(18)16(20-19)12-7-3-5-9-14(12)17(2)15-10-6-4-8-13(15)16;2*1-11(18)16-12-7-3-5-9-14(12)17(2)15-10-6-4-8-13(15)16;1-16-12-8-4-2-6-10(12)15(14(17)18-19-15)11-7-3-5-9-13(11)16;1-15-12-8-4-2-6-10(12)14(16)11-7-3-5-9-13(11)15;1-2;2-1-3;;;;;;;/h3-10,19H,1-2H3;2*3-10,16H,1-2H3;2-9H,1H3;2-9H,1H3;1-2H;;1H4;2*1H3;;;1H2;/q;;;;;;;;2*-1;;+1;;. The Kier molecular flexibility index (Phi) is 30.4. The fourth-order valence-electron chi connectivity index (χ4n) is 13.6. The van der Waals surface area contributed by atoms with E-state index in [9.17, 15) is 29.2 Å². The van der Waals surface area contributed by atoms with Gasteiger partial charge in [0.2, 0.25) is 5.60 Å². The molecule has 0 bridgehead atoms. The van der Waals surface area contributed by atoms with Gasteiger partial charge in [-0.1, -0.05) is 177 Å². The molecule has 0 atom stereocenters. The molecule has 533 valence electrons. The molecular weight excluding hydrogens is 1390 g/mol. The second kappa shape index (κ2) is 37.1. The first-order chi connectivity index (χ1) is 47.5. The van der Waals surface area contributed by atoms with E-state index in [2.05, 4.69) is 61.3 Å². The summed E-state index contributed by atoms with van der Waals surface area (Å²) in [6.07, 6.45) is 8.25. The Hall–Kier alpha value is -11.0. The Balaban J connectivity index is 0.000000264. The molecule has 1 fully saturated rings. The van der Waals surface area contributed by atoms with Gasteiger partial charge in [0.1, 0.15) is 11.6 Å². The van der Waals surface area contributed by atoms with Crippen molar-refractivity contribution in [2.45, 2.75) is 51.2 Å². The van der Waals surface area contributed by atoms with E-state index in [0.717, 1.165) is 101 Å². The first kappa shape index (κ1) is 84.4. The monoisotopic (exact) mass is 1470 g/mol. The number of aryl methyl sites for hydroxylation is 1. The van der Waals surface area contributed by atoms with E-state index in [1.54, 1.807) is 26.0 Å². The number of para-hydroxylation sites is 10. The summed E-state index contributed by atoms with van der Waals surface area (Å²) >= 11 is 2.00. The van der Waals surface area contributed by atoms with Gasteiger partial charge in [-0.05, 0) is 116 Å². The first-order valence-electron chi connectivity index (χ1n) is 30.8. The molecule has 20 heteroatoms. The number of aromatic nitrogens is 1. The van der Waals surface area contributed by atoms with Crippen molar-refractivity contribution in [1.82, 2.24) is 4.57 Å². The third-order valence-corrected chi connectivity index (χ3v) is 18.0. The topological polar surface area (TPSA) is 234 Å². The van der Waals surface area contributed by atoms with E-state index in [0.29, 0.717) is 11.1 Å². The molecule has 0 unspecified atom stereocenters. The Labute approximate surface area is 619 Å². The zero-order chi connectivity index (χ0) is 70.6. The van der Waals surface area contributed by atoms with Crippen LogP contribution in [0, 0.1) is 27.7 Å². The molecule has 103 heavy (non-hydrogen) atoms. The van der Waals surface area contributed by atoms with Crippen LogP contribution < -0.4 is 25.0 Å². The van der Waals surface area contributed by atoms with Gasteiger partial charge in [0.05, 0.1) is 22.9 Å². The zero-order valence-electron chi connectivity index (χ0n) is 57.8. The normalized spacial score (nSPS) is 13.1. The molecule has 5 aliphatic rings. The minimum absolute atomic E-state index is 0. The third-order valence-electron chi connectivity index (χ3n) is 18.0. The summed E-state index contributed by atoms with van der Waals surface area (Å²) < 4.78 is 10.1. The average Bonchev–Trinajstić information content (AvgIpc) is 0.708. The Morgan fingerprint density at radius 2 is 0.689 bits per heavy atom. The fraction of sp³-hybridized carbons (Fsp3) is 0.157. The molecule has 10 aromatic carbocycles. The Bertz CT molecular complexity index is 4580. The third kappa shape index (κ3) is 15.4.